The molecule has 0 aliphatic rings. The summed E-state index contributed by atoms with van der Waals surface area (Å²) in [5, 5.41) is 15.8. The molecule has 0 aromatic carbocycles. The van der Waals surface area contributed by atoms with E-state index in [9.17, 15) is 19.2 Å². The van der Waals surface area contributed by atoms with Crippen LogP contribution in [0.2, 0.25) is 0 Å². The Labute approximate surface area is 173 Å². The maximum Gasteiger partial charge on any atom is 0.322 e. The van der Waals surface area contributed by atoms with E-state index in [4.69, 9.17) is 22.3 Å². The number of amides is 3. The van der Waals surface area contributed by atoms with Crippen LogP contribution in [0.4, 0.5) is 0 Å². The van der Waals surface area contributed by atoms with E-state index in [1.165, 1.54) is 6.92 Å². The molecular weight excluding hydrogens is 402 g/mol. The van der Waals surface area contributed by atoms with Gasteiger partial charge in [0.1, 0.15) is 18.6 Å². The summed E-state index contributed by atoms with van der Waals surface area (Å²) in [7, 11) is 0. The monoisotopic (exact) mass is 433 g/mol. The van der Waals surface area contributed by atoms with Gasteiger partial charge in [-0.25, -0.2) is 0 Å². The van der Waals surface area contributed by atoms with Crippen molar-refractivity contribution in [3.05, 3.63) is 0 Å². The minimum Gasteiger partial charge on any atom is -0.480 e. The third-order valence-corrected chi connectivity index (χ3v) is 4.36. The first-order valence-electron chi connectivity index (χ1n) is 8.98. The summed E-state index contributed by atoms with van der Waals surface area (Å²) >= 11 is 1.55. The van der Waals surface area contributed by atoms with Crippen LogP contribution in [0.1, 0.15) is 26.2 Å². The van der Waals surface area contributed by atoms with Crippen LogP contribution in [0.25, 0.3) is 0 Å². The number of carbonyl (C=O) groups excluding carboxylic acids is 3. The molecule has 166 valence electrons. The van der Waals surface area contributed by atoms with Crippen molar-refractivity contribution in [2.45, 2.75) is 44.3 Å². The highest BCUT2D eigenvalue weighted by molar-refractivity contribution is 7.98. The molecule has 0 aliphatic heterocycles. The lowest BCUT2D eigenvalue weighted by Gasteiger charge is -2.22. The Morgan fingerprint density at radius 3 is 2.28 bits per heavy atom. The molecule has 0 saturated carbocycles. The van der Waals surface area contributed by atoms with Gasteiger partial charge in [-0.2, -0.15) is 11.8 Å². The first-order valence-corrected chi connectivity index (χ1v) is 10.4. The lowest BCUT2D eigenvalue weighted by molar-refractivity contribution is -0.138. The molecule has 0 bridgehead atoms. The molecule has 12 nitrogen and oxygen atoms in total. The number of thioether (sulfide) groups is 1. The molecule has 13 heteroatoms. The Morgan fingerprint density at radius 1 is 1.07 bits per heavy atom. The average molecular weight is 434 g/mol. The number of carboxylic acid groups (broad SMARTS) is 1. The highest BCUT2D eigenvalue weighted by atomic mass is 32.2. The molecule has 3 unspecified atom stereocenters. The Hall–Kier alpha value is -2.54. The van der Waals surface area contributed by atoms with E-state index in [0.717, 1.165) is 0 Å². The van der Waals surface area contributed by atoms with Crippen molar-refractivity contribution in [3.8, 4) is 0 Å². The number of carboxylic acids is 1. The van der Waals surface area contributed by atoms with Crippen LogP contribution in [0, 0.1) is 0 Å². The van der Waals surface area contributed by atoms with Gasteiger partial charge in [-0.3, -0.25) is 24.2 Å². The van der Waals surface area contributed by atoms with Crippen molar-refractivity contribution in [1.82, 2.24) is 16.0 Å². The first-order chi connectivity index (χ1) is 13.6. The number of nitrogens with one attached hydrogen (secondary N) is 3. The molecule has 10 N–H and O–H groups in total. The van der Waals surface area contributed by atoms with Gasteiger partial charge in [0, 0.05) is 6.54 Å². The fourth-order valence-corrected chi connectivity index (χ4v) is 2.61. The van der Waals surface area contributed by atoms with Crippen LogP contribution >= 0.6 is 11.8 Å². The summed E-state index contributed by atoms with van der Waals surface area (Å²) in [6, 6.07) is -2.72. The van der Waals surface area contributed by atoms with E-state index in [-0.39, 0.29) is 18.9 Å². The van der Waals surface area contributed by atoms with Gasteiger partial charge >= 0.3 is 5.97 Å². The number of guanidine groups is 1. The van der Waals surface area contributed by atoms with Gasteiger partial charge in [-0.15, -0.1) is 0 Å². The highest BCUT2D eigenvalue weighted by Crippen LogP contribution is 2.03. The summed E-state index contributed by atoms with van der Waals surface area (Å²) in [6.45, 7) is 1.09. The topological polar surface area (TPSA) is 215 Å². The molecule has 0 fully saturated rings. The predicted octanol–water partition coefficient (Wildman–Crippen LogP) is -2.69. The van der Waals surface area contributed by atoms with Crippen LogP contribution in [-0.4, -0.2) is 78.0 Å². The number of nitrogens with two attached hydrogens (primary N) is 3. The molecule has 0 spiro atoms. The van der Waals surface area contributed by atoms with E-state index in [1.54, 1.807) is 11.8 Å². The molecule has 29 heavy (non-hydrogen) atoms. The van der Waals surface area contributed by atoms with Gasteiger partial charge in [0.05, 0.1) is 6.04 Å². The number of carbonyl (C=O) groups is 4. The summed E-state index contributed by atoms with van der Waals surface area (Å²) in [4.78, 5) is 51.0. The zero-order chi connectivity index (χ0) is 22.4. The highest BCUT2D eigenvalue weighted by Gasteiger charge is 2.26. The minimum absolute atomic E-state index is 0.0853. The molecular formula is C16H31N7O5S. The zero-order valence-corrected chi connectivity index (χ0v) is 17.5. The predicted molar refractivity (Wildman–Crippen MR) is 111 cm³/mol. The summed E-state index contributed by atoms with van der Waals surface area (Å²) in [5.41, 5.74) is 16.3. The van der Waals surface area contributed by atoms with Gasteiger partial charge in [-0.1, -0.05) is 0 Å². The van der Waals surface area contributed by atoms with Crippen molar-refractivity contribution in [2.75, 3.05) is 25.1 Å². The Balaban J connectivity index is 4.93. The second-order valence-corrected chi connectivity index (χ2v) is 7.23. The van der Waals surface area contributed by atoms with Gasteiger partial charge in [0.15, 0.2) is 5.96 Å². The van der Waals surface area contributed by atoms with Crippen molar-refractivity contribution in [2.24, 2.45) is 22.2 Å². The van der Waals surface area contributed by atoms with Crippen molar-refractivity contribution < 1.29 is 24.3 Å². The molecule has 0 aromatic heterocycles. The molecule has 3 amide bonds. The average Bonchev–Trinajstić information content (AvgIpc) is 2.65. The van der Waals surface area contributed by atoms with Crippen LogP contribution in [0.15, 0.2) is 4.99 Å². The molecule has 3 atom stereocenters. The van der Waals surface area contributed by atoms with Crippen molar-refractivity contribution in [1.29, 1.82) is 0 Å². The Bertz CT molecular complexity index is 598. The van der Waals surface area contributed by atoms with Gasteiger partial charge in [0.25, 0.3) is 0 Å². The molecule has 0 rings (SSSR count). The summed E-state index contributed by atoms with van der Waals surface area (Å²) in [5.74, 6) is -2.35. The van der Waals surface area contributed by atoms with Gasteiger partial charge < -0.3 is 38.3 Å². The van der Waals surface area contributed by atoms with Crippen molar-refractivity contribution in [3.63, 3.8) is 0 Å². The lowest BCUT2D eigenvalue weighted by Crippen LogP contribution is -2.55. The van der Waals surface area contributed by atoms with Crippen molar-refractivity contribution >= 4 is 41.4 Å². The number of hydrogen-bond donors (Lipinski definition) is 7. The number of hydrogen-bond acceptors (Lipinski definition) is 7. The quantitative estimate of drug-likeness (QED) is 0.0861. The van der Waals surface area contributed by atoms with Crippen LogP contribution in [-0.2, 0) is 19.2 Å². The maximum absolute atomic E-state index is 12.5. The van der Waals surface area contributed by atoms with Gasteiger partial charge in [0.2, 0.25) is 17.7 Å². The first kappa shape index (κ1) is 26.5. The molecule has 0 heterocycles. The van der Waals surface area contributed by atoms with Crippen LogP contribution in [0.3, 0.4) is 0 Å². The third kappa shape index (κ3) is 12.5. The van der Waals surface area contributed by atoms with Crippen LogP contribution in [0.5, 0.6) is 0 Å². The zero-order valence-electron chi connectivity index (χ0n) is 16.6. The lowest BCUT2D eigenvalue weighted by atomic mass is 10.1. The number of aliphatic carboxylic acids is 1. The van der Waals surface area contributed by atoms with E-state index in [1.807, 2.05) is 6.26 Å². The standard InChI is InChI=1S/C16H31N7O5S/c1-9(13(26)21-8-12(24)25)22-15(28)11(4-3-6-20-16(18)19)23-14(27)10(17)5-7-29-2/h9-11H,3-8,17H2,1-2H3,(H,21,26)(H,22,28)(H,23,27)(H,24,25)(H4,18,19,20). The Morgan fingerprint density at radius 2 is 1.72 bits per heavy atom. The van der Waals surface area contributed by atoms with Gasteiger partial charge in [-0.05, 0) is 38.2 Å². The molecule has 0 aromatic rings. The van der Waals surface area contributed by atoms with E-state index in [0.29, 0.717) is 18.6 Å². The minimum atomic E-state index is -1.21. The largest absolute Gasteiger partial charge is 0.480 e. The second-order valence-electron chi connectivity index (χ2n) is 6.24. The number of nitrogens with zero attached hydrogens (tertiary/aromatic N) is 1. The van der Waals surface area contributed by atoms with E-state index >= 15 is 0 Å². The third-order valence-electron chi connectivity index (χ3n) is 3.71. The maximum atomic E-state index is 12.5. The normalized spacial score (nSPS) is 13.5. The second kappa shape index (κ2) is 14.5. The SMILES string of the molecule is CSCCC(N)C(=O)NC(CCCN=C(N)N)C(=O)NC(C)C(=O)NCC(=O)O. The fourth-order valence-electron chi connectivity index (χ4n) is 2.12. The van der Waals surface area contributed by atoms with E-state index in [2.05, 4.69) is 20.9 Å². The van der Waals surface area contributed by atoms with Crippen LogP contribution < -0.4 is 33.2 Å². The number of aliphatic imine (C=N–C) groups is 1. The summed E-state index contributed by atoms with van der Waals surface area (Å²) in [6.07, 6.45) is 2.95. The smallest absolute Gasteiger partial charge is 0.322 e. The summed E-state index contributed by atoms with van der Waals surface area (Å²) < 4.78 is 0. The molecule has 0 aliphatic carbocycles. The number of rotatable bonds is 14. The van der Waals surface area contributed by atoms with E-state index < -0.39 is 48.4 Å². The molecule has 0 saturated heterocycles. The Kier molecular flexibility index (Phi) is 13.2. The molecule has 0 radical (unpaired) electrons. The fraction of sp³-hybridized carbons (Fsp3) is 0.688.